The number of ether oxygens (including phenoxy) is 1. The monoisotopic (exact) mass is 369 g/mol. The van der Waals surface area contributed by atoms with Crippen LogP contribution < -0.4 is 5.32 Å². The number of fused-ring (bicyclic) bond motifs is 2. The molecule has 6 heteroatoms. The third kappa shape index (κ3) is 3.70. The number of nitrogens with one attached hydrogen (secondary N) is 1. The lowest BCUT2D eigenvalue weighted by Gasteiger charge is -2.28. The number of hydrogen-bond donors (Lipinski definition) is 1. The minimum absolute atomic E-state index is 0.0924. The van der Waals surface area contributed by atoms with Crippen molar-refractivity contribution in [1.82, 2.24) is 5.32 Å². The average molecular weight is 370 g/mol. The van der Waals surface area contributed by atoms with Crippen LogP contribution in [0, 0.1) is 17.8 Å². The summed E-state index contributed by atoms with van der Waals surface area (Å²) >= 11 is 11.9. The van der Waals surface area contributed by atoms with Crippen LogP contribution in [-0.2, 0) is 9.53 Å². The van der Waals surface area contributed by atoms with Gasteiger partial charge in [0.15, 0.2) is 6.61 Å². The van der Waals surface area contributed by atoms with Crippen LogP contribution in [0.15, 0.2) is 18.2 Å². The predicted molar refractivity (Wildman–Crippen MR) is 93.3 cm³/mol. The predicted octanol–water partition coefficient (Wildman–Crippen LogP) is 4.09. The van der Waals surface area contributed by atoms with Gasteiger partial charge in [-0.25, -0.2) is 4.79 Å². The maximum absolute atomic E-state index is 12.1. The summed E-state index contributed by atoms with van der Waals surface area (Å²) in [5, 5.41) is 3.38. The number of carbonyl (C=O) groups is 2. The van der Waals surface area contributed by atoms with Crippen molar-refractivity contribution in [2.45, 2.75) is 38.6 Å². The van der Waals surface area contributed by atoms with Gasteiger partial charge >= 0.3 is 5.97 Å². The zero-order chi connectivity index (χ0) is 17.3. The van der Waals surface area contributed by atoms with Gasteiger partial charge < -0.3 is 10.1 Å². The van der Waals surface area contributed by atoms with E-state index in [1.54, 1.807) is 18.2 Å². The zero-order valence-corrected chi connectivity index (χ0v) is 15.1. The van der Waals surface area contributed by atoms with Gasteiger partial charge in [0, 0.05) is 6.04 Å². The third-order valence-electron chi connectivity index (χ3n) is 5.32. The van der Waals surface area contributed by atoms with Crippen LogP contribution in [0.5, 0.6) is 0 Å². The van der Waals surface area contributed by atoms with Crippen LogP contribution in [0.25, 0.3) is 0 Å². The molecule has 2 saturated carbocycles. The highest BCUT2D eigenvalue weighted by atomic mass is 35.5. The van der Waals surface area contributed by atoms with Crippen LogP contribution in [-0.4, -0.2) is 24.5 Å². The summed E-state index contributed by atoms with van der Waals surface area (Å²) in [6.07, 6.45) is 5.10. The van der Waals surface area contributed by atoms with Gasteiger partial charge in [-0.2, -0.15) is 0 Å². The molecule has 2 aliphatic carbocycles. The SMILES string of the molecule is C[C@@H](NC(=O)COC(=O)c1c(Cl)cccc1Cl)[C@H]1C[C@H]2CC[C@H]1C2. The molecule has 0 unspecified atom stereocenters. The summed E-state index contributed by atoms with van der Waals surface area (Å²) in [6, 6.07) is 4.86. The molecular formula is C18H21Cl2NO3. The van der Waals surface area contributed by atoms with Crippen molar-refractivity contribution >= 4 is 35.1 Å². The Bertz CT molecular complexity index is 629. The Kier molecular flexibility index (Phi) is 5.36. The summed E-state index contributed by atoms with van der Waals surface area (Å²) in [6.45, 7) is 1.71. The molecule has 24 heavy (non-hydrogen) atoms. The lowest BCUT2D eigenvalue weighted by molar-refractivity contribution is -0.125. The second-order valence-corrected chi connectivity index (χ2v) is 7.68. The van der Waals surface area contributed by atoms with Gasteiger partial charge in [-0.3, -0.25) is 4.79 Å². The normalized spacial score (nSPS) is 26.2. The van der Waals surface area contributed by atoms with Crippen LogP contribution >= 0.6 is 23.2 Å². The van der Waals surface area contributed by atoms with Crippen molar-refractivity contribution in [3.8, 4) is 0 Å². The Morgan fingerprint density at radius 2 is 1.96 bits per heavy atom. The molecule has 0 spiro atoms. The molecule has 0 saturated heterocycles. The van der Waals surface area contributed by atoms with E-state index in [4.69, 9.17) is 27.9 Å². The number of rotatable bonds is 5. The fraction of sp³-hybridized carbons (Fsp3) is 0.556. The molecule has 2 fully saturated rings. The van der Waals surface area contributed by atoms with E-state index < -0.39 is 5.97 Å². The van der Waals surface area contributed by atoms with E-state index in [1.807, 2.05) is 6.92 Å². The molecule has 0 aromatic heterocycles. The first-order chi connectivity index (χ1) is 11.5. The summed E-state index contributed by atoms with van der Waals surface area (Å²) in [5.74, 6) is 1.13. The van der Waals surface area contributed by atoms with Gasteiger partial charge in [-0.15, -0.1) is 0 Å². The van der Waals surface area contributed by atoms with Crippen LogP contribution in [0.1, 0.15) is 43.0 Å². The zero-order valence-electron chi connectivity index (χ0n) is 13.6. The fourth-order valence-electron chi connectivity index (χ4n) is 4.21. The highest BCUT2D eigenvalue weighted by Crippen LogP contribution is 2.49. The number of carbonyl (C=O) groups excluding carboxylic acids is 2. The molecule has 3 rings (SSSR count). The molecule has 4 atom stereocenters. The molecule has 2 aliphatic rings. The van der Waals surface area contributed by atoms with Gasteiger partial charge in [0.2, 0.25) is 0 Å². The number of halogens is 2. The summed E-state index contributed by atoms with van der Waals surface area (Å²) in [7, 11) is 0. The molecule has 4 nitrogen and oxygen atoms in total. The second kappa shape index (κ2) is 7.32. The van der Waals surface area contributed by atoms with Crippen molar-refractivity contribution in [3.05, 3.63) is 33.8 Å². The van der Waals surface area contributed by atoms with Crippen molar-refractivity contribution in [2.24, 2.45) is 17.8 Å². The highest BCUT2D eigenvalue weighted by molar-refractivity contribution is 6.39. The quantitative estimate of drug-likeness (QED) is 0.795. The van der Waals surface area contributed by atoms with E-state index >= 15 is 0 Å². The van der Waals surface area contributed by atoms with Gasteiger partial charge in [0.25, 0.3) is 5.91 Å². The molecule has 2 bridgehead atoms. The van der Waals surface area contributed by atoms with E-state index in [9.17, 15) is 9.59 Å². The largest absolute Gasteiger partial charge is 0.452 e. The Hall–Kier alpha value is -1.26. The number of amides is 1. The van der Waals surface area contributed by atoms with E-state index in [0.29, 0.717) is 5.92 Å². The molecule has 0 radical (unpaired) electrons. The number of esters is 1. The van der Waals surface area contributed by atoms with E-state index in [-0.39, 0.29) is 34.2 Å². The second-order valence-electron chi connectivity index (χ2n) is 6.87. The molecule has 1 amide bonds. The number of benzene rings is 1. The van der Waals surface area contributed by atoms with Gasteiger partial charge in [-0.05, 0) is 56.1 Å². The first kappa shape index (κ1) is 17.6. The molecule has 1 aromatic carbocycles. The third-order valence-corrected chi connectivity index (χ3v) is 5.95. The van der Waals surface area contributed by atoms with Gasteiger partial charge in [0.05, 0.1) is 15.6 Å². The van der Waals surface area contributed by atoms with Crippen LogP contribution in [0.2, 0.25) is 10.0 Å². The van der Waals surface area contributed by atoms with Gasteiger partial charge in [0.1, 0.15) is 0 Å². The summed E-state index contributed by atoms with van der Waals surface area (Å²) in [5.41, 5.74) is 0.0924. The van der Waals surface area contributed by atoms with Gasteiger partial charge in [-0.1, -0.05) is 35.7 Å². The molecule has 1 N–H and O–H groups in total. The molecular weight excluding hydrogens is 349 g/mol. The van der Waals surface area contributed by atoms with Crippen molar-refractivity contribution in [1.29, 1.82) is 0 Å². The lowest BCUT2D eigenvalue weighted by Crippen LogP contribution is -2.42. The molecule has 130 valence electrons. The Morgan fingerprint density at radius 1 is 1.25 bits per heavy atom. The highest BCUT2D eigenvalue weighted by Gasteiger charge is 2.42. The minimum Gasteiger partial charge on any atom is -0.452 e. The molecule has 0 heterocycles. The smallest absolute Gasteiger partial charge is 0.341 e. The van der Waals surface area contributed by atoms with Crippen molar-refractivity contribution in [3.63, 3.8) is 0 Å². The Labute approximate surface area is 151 Å². The Balaban J connectivity index is 1.49. The molecule has 0 aliphatic heterocycles. The summed E-state index contributed by atoms with van der Waals surface area (Å²) in [4.78, 5) is 24.1. The maximum Gasteiger partial charge on any atom is 0.341 e. The summed E-state index contributed by atoms with van der Waals surface area (Å²) < 4.78 is 5.06. The maximum atomic E-state index is 12.1. The van der Waals surface area contributed by atoms with Crippen LogP contribution in [0.3, 0.4) is 0 Å². The first-order valence-corrected chi connectivity index (χ1v) is 9.11. The number of hydrogen-bond acceptors (Lipinski definition) is 3. The van der Waals surface area contributed by atoms with Crippen LogP contribution in [0.4, 0.5) is 0 Å². The van der Waals surface area contributed by atoms with E-state index in [2.05, 4.69) is 5.32 Å². The van der Waals surface area contributed by atoms with E-state index in [0.717, 1.165) is 11.8 Å². The average Bonchev–Trinajstić information content (AvgIpc) is 3.15. The Morgan fingerprint density at radius 3 is 2.54 bits per heavy atom. The minimum atomic E-state index is -0.687. The lowest BCUT2D eigenvalue weighted by atomic mass is 9.84. The van der Waals surface area contributed by atoms with Crippen molar-refractivity contribution in [2.75, 3.05) is 6.61 Å². The first-order valence-electron chi connectivity index (χ1n) is 8.36. The molecule has 1 aromatic rings. The fourth-order valence-corrected chi connectivity index (χ4v) is 4.76. The van der Waals surface area contributed by atoms with E-state index in [1.165, 1.54) is 25.7 Å². The topological polar surface area (TPSA) is 55.4 Å². The van der Waals surface area contributed by atoms with Crippen molar-refractivity contribution < 1.29 is 14.3 Å². The standard InChI is InChI=1S/C18H21Cl2NO3/c1-10(13-8-11-5-6-12(13)7-11)21-16(22)9-24-18(23)17-14(19)3-2-4-15(17)20/h2-4,10-13H,5-9H2,1H3,(H,21,22)/t10-,11+,12+,13-/m1/s1.